The molecule has 1 aromatic rings. The quantitative estimate of drug-likeness (QED) is 0.765. The van der Waals surface area contributed by atoms with Crippen molar-refractivity contribution in [2.75, 3.05) is 26.7 Å². The Labute approximate surface area is 149 Å². The van der Waals surface area contributed by atoms with E-state index in [1.54, 1.807) is 0 Å². The lowest BCUT2D eigenvalue weighted by Gasteiger charge is -2.23. The monoisotopic (exact) mass is 347 g/mol. The van der Waals surface area contributed by atoms with Crippen LogP contribution in [0.4, 0.5) is 0 Å². The van der Waals surface area contributed by atoms with Crippen LogP contribution in [-0.2, 0) is 11.3 Å². The summed E-state index contributed by atoms with van der Waals surface area (Å²) < 4.78 is 5.34. The second kappa shape index (κ2) is 7.03. The zero-order valence-corrected chi connectivity index (χ0v) is 15.3. The Balaban J connectivity index is 1.21. The van der Waals surface area contributed by atoms with Crippen LogP contribution in [0.3, 0.4) is 0 Å². The molecule has 2 heterocycles. The third-order valence-electron chi connectivity index (χ3n) is 5.76. The molecule has 3 aliphatic rings. The lowest BCUT2D eigenvalue weighted by atomic mass is 10.2. The summed E-state index contributed by atoms with van der Waals surface area (Å²) in [5, 5.41) is 7.25. The number of aromatic nitrogens is 2. The molecule has 1 amide bonds. The van der Waals surface area contributed by atoms with Crippen molar-refractivity contribution in [2.45, 2.75) is 63.6 Å². The minimum absolute atomic E-state index is 0.162. The number of hydrogen-bond acceptors (Lipinski definition) is 6. The smallest absolute Gasteiger partial charge is 0.234 e. The number of amides is 1. The second-order valence-electron chi connectivity index (χ2n) is 8.11. The van der Waals surface area contributed by atoms with Gasteiger partial charge in [-0.15, -0.1) is 0 Å². The van der Waals surface area contributed by atoms with Gasteiger partial charge >= 0.3 is 0 Å². The maximum absolute atomic E-state index is 12.2. The largest absolute Gasteiger partial charge is 0.352 e. The molecule has 7 heteroatoms. The lowest BCUT2D eigenvalue weighted by molar-refractivity contribution is -0.122. The molecule has 7 nitrogen and oxygen atoms in total. The Morgan fingerprint density at radius 1 is 1.36 bits per heavy atom. The number of carbonyl (C=O) groups excluding carboxylic acids is 1. The normalized spacial score (nSPS) is 25.5. The van der Waals surface area contributed by atoms with E-state index in [1.807, 2.05) is 0 Å². The third kappa shape index (κ3) is 4.39. The van der Waals surface area contributed by atoms with Gasteiger partial charge in [-0.3, -0.25) is 14.6 Å². The molecular weight excluding hydrogens is 318 g/mol. The van der Waals surface area contributed by atoms with Gasteiger partial charge in [-0.1, -0.05) is 5.16 Å². The third-order valence-corrected chi connectivity index (χ3v) is 5.76. The highest BCUT2D eigenvalue weighted by Crippen LogP contribution is 2.38. The summed E-state index contributed by atoms with van der Waals surface area (Å²) in [4.78, 5) is 21.2. The number of rotatable bonds is 8. The molecule has 0 radical (unpaired) electrons. The van der Waals surface area contributed by atoms with Crippen LogP contribution in [0.1, 0.15) is 56.7 Å². The molecule has 0 aromatic carbocycles. The lowest BCUT2D eigenvalue weighted by Crippen LogP contribution is -2.42. The fourth-order valence-corrected chi connectivity index (χ4v) is 3.71. The highest BCUT2D eigenvalue weighted by Gasteiger charge is 2.32. The molecule has 0 bridgehead atoms. The first-order valence-electron chi connectivity index (χ1n) is 9.63. The van der Waals surface area contributed by atoms with Crippen molar-refractivity contribution in [3.05, 3.63) is 11.7 Å². The Hall–Kier alpha value is -1.47. The van der Waals surface area contributed by atoms with E-state index in [9.17, 15) is 4.79 Å². The first-order valence-corrected chi connectivity index (χ1v) is 9.63. The van der Waals surface area contributed by atoms with Crippen molar-refractivity contribution in [1.29, 1.82) is 0 Å². The topological polar surface area (TPSA) is 74.5 Å². The zero-order valence-electron chi connectivity index (χ0n) is 15.3. The Morgan fingerprint density at radius 3 is 2.88 bits per heavy atom. The molecule has 0 spiro atoms. The first-order chi connectivity index (χ1) is 12.1. The minimum Gasteiger partial charge on any atom is -0.352 e. The van der Waals surface area contributed by atoms with Crippen LogP contribution in [0.15, 0.2) is 4.52 Å². The number of nitrogens with one attached hydrogen (secondary N) is 1. The maximum atomic E-state index is 12.2. The van der Waals surface area contributed by atoms with E-state index in [0.717, 1.165) is 31.2 Å². The van der Waals surface area contributed by atoms with Crippen LogP contribution in [0.2, 0.25) is 0 Å². The minimum atomic E-state index is 0.162. The van der Waals surface area contributed by atoms with Gasteiger partial charge < -0.3 is 9.84 Å². The van der Waals surface area contributed by atoms with Gasteiger partial charge in [-0.05, 0) is 52.0 Å². The molecule has 1 saturated heterocycles. The molecule has 1 aromatic heterocycles. The summed E-state index contributed by atoms with van der Waals surface area (Å²) in [5.74, 6) is 2.95. The summed E-state index contributed by atoms with van der Waals surface area (Å²) in [7, 11) is 2.11. The Bertz CT molecular complexity index is 610. The van der Waals surface area contributed by atoms with Gasteiger partial charge in [0.1, 0.15) is 0 Å². The zero-order chi connectivity index (χ0) is 17.4. The highest BCUT2D eigenvalue weighted by atomic mass is 16.5. The van der Waals surface area contributed by atoms with Crippen LogP contribution >= 0.6 is 0 Å². The van der Waals surface area contributed by atoms with E-state index in [2.05, 4.69) is 39.2 Å². The van der Waals surface area contributed by atoms with Crippen molar-refractivity contribution in [3.63, 3.8) is 0 Å². The standard InChI is InChI=1S/C18H29N5O2/c1-12(13-3-4-13)19-17(24)11-23-8-7-15(9-23)22(2)10-16-20-18(25-21-16)14-5-6-14/h12-15H,3-11H2,1-2H3,(H,19,24)/t12-,15-/m0/s1. The fraction of sp³-hybridized carbons (Fsp3) is 0.833. The summed E-state index contributed by atoms with van der Waals surface area (Å²) in [5.41, 5.74) is 0. The molecule has 2 aliphatic carbocycles. The second-order valence-corrected chi connectivity index (χ2v) is 8.11. The van der Waals surface area contributed by atoms with Crippen molar-refractivity contribution in [2.24, 2.45) is 5.92 Å². The van der Waals surface area contributed by atoms with Gasteiger partial charge in [-0.2, -0.15) is 4.98 Å². The molecule has 1 N–H and O–H groups in total. The van der Waals surface area contributed by atoms with Crippen LogP contribution < -0.4 is 5.32 Å². The van der Waals surface area contributed by atoms with Gasteiger partial charge in [0.2, 0.25) is 11.8 Å². The molecule has 25 heavy (non-hydrogen) atoms. The number of likely N-dealkylation sites (tertiary alicyclic amines) is 1. The average Bonchev–Trinajstić information content (AvgIpc) is 3.50. The number of hydrogen-bond donors (Lipinski definition) is 1. The van der Waals surface area contributed by atoms with E-state index in [0.29, 0.717) is 37.0 Å². The molecule has 1 aliphatic heterocycles. The van der Waals surface area contributed by atoms with E-state index in [-0.39, 0.29) is 5.91 Å². The van der Waals surface area contributed by atoms with Crippen molar-refractivity contribution in [3.8, 4) is 0 Å². The molecular formula is C18H29N5O2. The van der Waals surface area contributed by atoms with Gasteiger partial charge in [0.05, 0.1) is 13.1 Å². The number of carbonyl (C=O) groups is 1. The molecule has 2 saturated carbocycles. The van der Waals surface area contributed by atoms with E-state index in [1.165, 1.54) is 25.7 Å². The predicted octanol–water partition coefficient (Wildman–Crippen LogP) is 1.37. The Kier molecular flexibility index (Phi) is 4.78. The molecule has 2 atom stereocenters. The van der Waals surface area contributed by atoms with Crippen LogP contribution in [0.5, 0.6) is 0 Å². The van der Waals surface area contributed by atoms with Crippen molar-refractivity contribution >= 4 is 5.91 Å². The molecule has 4 rings (SSSR count). The fourth-order valence-electron chi connectivity index (χ4n) is 3.71. The van der Waals surface area contributed by atoms with Crippen LogP contribution in [-0.4, -0.2) is 64.6 Å². The van der Waals surface area contributed by atoms with Gasteiger partial charge in [0, 0.05) is 31.1 Å². The summed E-state index contributed by atoms with van der Waals surface area (Å²) >= 11 is 0. The summed E-state index contributed by atoms with van der Waals surface area (Å²) in [6, 6.07) is 0.768. The SMILES string of the molecule is C[C@H](NC(=O)CN1CC[C@H](N(C)Cc2noc(C3CC3)n2)C1)C1CC1. The molecule has 0 unspecified atom stereocenters. The number of likely N-dealkylation sites (N-methyl/N-ethyl adjacent to an activating group) is 1. The van der Waals surface area contributed by atoms with Gasteiger partial charge in [0.15, 0.2) is 5.82 Å². The molecule has 3 fully saturated rings. The summed E-state index contributed by atoms with van der Waals surface area (Å²) in [6.45, 7) is 5.24. The summed E-state index contributed by atoms with van der Waals surface area (Å²) in [6.07, 6.45) is 5.95. The van der Waals surface area contributed by atoms with E-state index < -0.39 is 0 Å². The van der Waals surface area contributed by atoms with Gasteiger partial charge in [0.25, 0.3) is 0 Å². The van der Waals surface area contributed by atoms with Crippen molar-refractivity contribution in [1.82, 2.24) is 25.3 Å². The van der Waals surface area contributed by atoms with Crippen LogP contribution in [0.25, 0.3) is 0 Å². The van der Waals surface area contributed by atoms with E-state index in [4.69, 9.17) is 4.52 Å². The van der Waals surface area contributed by atoms with Crippen molar-refractivity contribution < 1.29 is 9.32 Å². The van der Waals surface area contributed by atoms with Gasteiger partial charge in [-0.25, -0.2) is 0 Å². The number of nitrogens with zero attached hydrogens (tertiary/aromatic N) is 4. The van der Waals surface area contributed by atoms with E-state index >= 15 is 0 Å². The Morgan fingerprint density at radius 2 is 2.16 bits per heavy atom. The predicted molar refractivity (Wildman–Crippen MR) is 92.9 cm³/mol. The average molecular weight is 347 g/mol. The maximum Gasteiger partial charge on any atom is 0.234 e. The molecule has 138 valence electrons. The first kappa shape index (κ1) is 17.0. The van der Waals surface area contributed by atoms with Crippen LogP contribution in [0, 0.1) is 5.92 Å². The highest BCUT2D eigenvalue weighted by molar-refractivity contribution is 5.78.